The monoisotopic (exact) mass is 263 g/mol. The summed E-state index contributed by atoms with van der Waals surface area (Å²) < 4.78 is 4.95. The number of ether oxygens (including phenoxy) is 1. The van der Waals surface area contributed by atoms with E-state index < -0.39 is 0 Å². The molecule has 0 radical (unpaired) electrons. The predicted molar refractivity (Wildman–Crippen MR) is 73.1 cm³/mol. The van der Waals surface area contributed by atoms with Crippen LogP contribution in [0.15, 0.2) is 6.20 Å². The summed E-state index contributed by atoms with van der Waals surface area (Å²) in [6.45, 7) is 7.05. The van der Waals surface area contributed by atoms with E-state index in [9.17, 15) is 4.79 Å². The van der Waals surface area contributed by atoms with Crippen LogP contribution >= 0.6 is 0 Å². The first-order valence-electron chi connectivity index (χ1n) is 6.86. The van der Waals surface area contributed by atoms with Gasteiger partial charge >= 0.3 is 5.97 Å². The lowest BCUT2D eigenvalue weighted by Crippen LogP contribution is -2.16. The molecule has 0 aromatic carbocycles. The molecule has 1 aliphatic rings. The van der Waals surface area contributed by atoms with Crippen LogP contribution in [0.1, 0.15) is 42.7 Å². The summed E-state index contributed by atoms with van der Waals surface area (Å²) in [7, 11) is 0. The van der Waals surface area contributed by atoms with Crippen molar-refractivity contribution >= 4 is 11.9 Å². The van der Waals surface area contributed by atoms with E-state index in [1.807, 2.05) is 0 Å². The van der Waals surface area contributed by atoms with Gasteiger partial charge in [-0.15, -0.1) is 0 Å². The molecule has 19 heavy (non-hydrogen) atoms. The van der Waals surface area contributed by atoms with Gasteiger partial charge < -0.3 is 10.1 Å². The molecule has 5 nitrogen and oxygen atoms in total. The number of carbonyl (C=O) groups excluding carboxylic acids is 1. The maximum Gasteiger partial charge on any atom is 0.341 e. The largest absolute Gasteiger partial charge is 0.462 e. The van der Waals surface area contributed by atoms with E-state index in [0.29, 0.717) is 29.7 Å². The zero-order chi connectivity index (χ0) is 13.8. The lowest BCUT2D eigenvalue weighted by molar-refractivity contribution is 0.0524. The Hall–Kier alpha value is -1.65. The lowest BCUT2D eigenvalue weighted by Gasteiger charge is -2.12. The molecule has 1 aliphatic carbocycles. The van der Waals surface area contributed by atoms with Crippen LogP contribution in [-0.4, -0.2) is 29.1 Å². The highest BCUT2D eigenvalue weighted by atomic mass is 16.5. The Balaban J connectivity index is 1.95. The third kappa shape index (κ3) is 3.66. The summed E-state index contributed by atoms with van der Waals surface area (Å²) >= 11 is 0. The van der Waals surface area contributed by atoms with Crippen LogP contribution < -0.4 is 5.32 Å². The van der Waals surface area contributed by atoms with E-state index in [1.54, 1.807) is 13.8 Å². The van der Waals surface area contributed by atoms with Gasteiger partial charge in [-0.25, -0.2) is 14.8 Å². The summed E-state index contributed by atoms with van der Waals surface area (Å²) in [5.74, 6) is 1.72. The topological polar surface area (TPSA) is 64.1 Å². The van der Waals surface area contributed by atoms with Crippen molar-refractivity contribution in [2.24, 2.45) is 11.8 Å². The molecular formula is C14H21N3O2. The van der Waals surface area contributed by atoms with Crippen molar-refractivity contribution in [3.8, 4) is 0 Å². The molecule has 1 unspecified atom stereocenters. The van der Waals surface area contributed by atoms with Crippen LogP contribution in [0.5, 0.6) is 0 Å². The Kier molecular flexibility index (Phi) is 4.35. The molecule has 1 aromatic rings. The van der Waals surface area contributed by atoms with Crippen LogP contribution in [0.3, 0.4) is 0 Å². The Morgan fingerprint density at radius 2 is 2.32 bits per heavy atom. The second-order valence-electron chi connectivity index (χ2n) is 5.11. The van der Waals surface area contributed by atoms with Gasteiger partial charge in [0, 0.05) is 12.7 Å². The molecule has 0 saturated heterocycles. The van der Waals surface area contributed by atoms with Crippen molar-refractivity contribution in [3.63, 3.8) is 0 Å². The lowest BCUT2D eigenvalue weighted by atomic mass is 10.1. The number of nitrogens with one attached hydrogen (secondary N) is 1. The zero-order valence-electron chi connectivity index (χ0n) is 11.8. The van der Waals surface area contributed by atoms with Crippen molar-refractivity contribution < 1.29 is 9.53 Å². The normalized spacial score (nSPS) is 15.9. The first kappa shape index (κ1) is 13.8. The maximum absolute atomic E-state index is 11.6. The van der Waals surface area contributed by atoms with Crippen LogP contribution in [0.25, 0.3) is 0 Å². The summed E-state index contributed by atoms with van der Waals surface area (Å²) in [4.78, 5) is 20.1. The number of hydrogen-bond acceptors (Lipinski definition) is 5. The van der Waals surface area contributed by atoms with Gasteiger partial charge in [0.25, 0.3) is 0 Å². The smallest absolute Gasteiger partial charge is 0.341 e. The molecule has 104 valence electrons. The standard InChI is InChI=1S/C14H21N3O2/c1-4-19-13(18)12-8-16-14(17-10(12)3)15-7-9(2)11-5-6-11/h8-9,11H,4-7H2,1-3H3,(H,15,16,17). The minimum Gasteiger partial charge on any atom is -0.462 e. The average Bonchev–Trinajstić information content (AvgIpc) is 3.20. The Labute approximate surface area is 113 Å². The van der Waals surface area contributed by atoms with Crippen LogP contribution in [0, 0.1) is 18.8 Å². The minimum absolute atomic E-state index is 0.358. The highest BCUT2D eigenvalue weighted by Gasteiger charge is 2.27. The second kappa shape index (κ2) is 5.99. The summed E-state index contributed by atoms with van der Waals surface area (Å²) in [6, 6.07) is 0. The van der Waals surface area contributed by atoms with Gasteiger partial charge in [-0.3, -0.25) is 0 Å². The first-order chi connectivity index (χ1) is 9.11. The number of anilines is 1. The number of carbonyl (C=O) groups is 1. The van der Waals surface area contributed by atoms with E-state index in [4.69, 9.17) is 4.74 Å². The van der Waals surface area contributed by atoms with Gasteiger partial charge in [0.15, 0.2) is 0 Å². The number of aryl methyl sites for hydroxylation is 1. The zero-order valence-corrected chi connectivity index (χ0v) is 11.8. The fourth-order valence-corrected chi connectivity index (χ4v) is 2.05. The summed E-state index contributed by atoms with van der Waals surface area (Å²) in [6.07, 6.45) is 4.21. The van der Waals surface area contributed by atoms with E-state index >= 15 is 0 Å². The van der Waals surface area contributed by atoms with Crippen molar-refractivity contribution in [3.05, 3.63) is 17.5 Å². The molecule has 0 spiro atoms. The molecular weight excluding hydrogens is 242 g/mol. The number of aromatic nitrogens is 2. The first-order valence-corrected chi connectivity index (χ1v) is 6.86. The van der Waals surface area contributed by atoms with Gasteiger partial charge in [-0.1, -0.05) is 6.92 Å². The number of esters is 1. The molecule has 1 heterocycles. The van der Waals surface area contributed by atoms with Crippen LogP contribution in [-0.2, 0) is 4.74 Å². The van der Waals surface area contributed by atoms with Gasteiger partial charge in [-0.2, -0.15) is 0 Å². The Bertz CT molecular complexity index is 458. The number of hydrogen-bond donors (Lipinski definition) is 1. The number of rotatable bonds is 6. The predicted octanol–water partition coefficient (Wildman–Crippen LogP) is 2.42. The molecule has 1 saturated carbocycles. The second-order valence-corrected chi connectivity index (χ2v) is 5.11. The highest BCUT2D eigenvalue weighted by molar-refractivity contribution is 5.90. The van der Waals surface area contributed by atoms with Crippen LogP contribution in [0.4, 0.5) is 5.95 Å². The molecule has 1 N–H and O–H groups in total. The van der Waals surface area contributed by atoms with Gasteiger partial charge in [0.1, 0.15) is 0 Å². The summed E-state index contributed by atoms with van der Waals surface area (Å²) in [5, 5.41) is 3.23. The van der Waals surface area contributed by atoms with Crippen molar-refractivity contribution in [1.29, 1.82) is 0 Å². The van der Waals surface area contributed by atoms with Gasteiger partial charge in [0.2, 0.25) is 5.95 Å². The Morgan fingerprint density at radius 1 is 1.58 bits per heavy atom. The molecule has 0 aliphatic heterocycles. The molecule has 2 rings (SSSR count). The molecule has 5 heteroatoms. The maximum atomic E-state index is 11.6. The average molecular weight is 263 g/mol. The fraction of sp³-hybridized carbons (Fsp3) is 0.643. The molecule has 0 bridgehead atoms. The molecule has 1 aromatic heterocycles. The van der Waals surface area contributed by atoms with E-state index in [1.165, 1.54) is 19.0 Å². The van der Waals surface area contributed by atoms with Gasteiger partial charge in [0.05, 0.1) is 17.9 Å². The van der Waals surface area contributed by atoms with Crippen molar-refractivity contribution in [2.75, 3.05) is 18.5 Å². The Morgan fingerprint density at radius 3 is 2.89 bits per heavy atom. The third-order valence-corrected chi connectivity index (χ3v) is 3.48. The van der Waals surface area contributed by atoms with E-state index in [-0.39, 0.29) is 5.97 Å². The molecule has 1 fully saturated rings. The summed E-state index contributed by atoms with van der Waals surface area (Å²) in [5.41, 5.74) is 1.08. The molecule has 1 atom stereocenters. The van der Waals surface area contributed by atoms with E-state index in [2.05, 4.69) is 22.2 Å². The third-order valence-electron chi connectivity index (χ3n) is 3.48. The van der Waals surface area contributed by atoms with Gasteiger partial charge in [-0.05, 0) is 38.5 Å². The fourth-order valence-electron chi connectivity index (χ4n) is 2.05. The molecule has 0 amide bonds. The quantitative estimate of drug-likeness (QED) is 0.798. The minimum atomic E-state index is -0.363. The van der Waals surface area contributed by atoms with E-state index in [0.717, 1.165) is 12.5 Å². The van der Waals surface area contributed by atoms with Crippen molar-refractivity contribution in [2.45, 2.75) is 33.6 Å². The SMILES string of the molecule is CCOC(=O)c1cnc(NCC(C)C2CC2)nc1C. The van der Waals surface area contributed by atoms with Crippen LogP contribution in [0.2, 0.25) is 0 Å². The highest BCUT2D eigenvalue weighted by Crippen LogP contribution is 2.36. The van der Waals surface area contributed by atoms with Crippen molar-refractivity contribution in [1.82, 2.24) is 9.97 Å². The number of nitrogens with zero attached hydrogens (tertiary/aromatic N) is 2.